The zero-order chi connectivity index (χ0) is 17.8. The van der Waals surface area contributed by atoms with Crippen molar-refractivity contribution >= 4 is 23.0 Å². The van der Waals surface area contributed by atoms with Gasteiger partial charge in [-0.25, -0.2) is 4.98 Å². The number of carbonyl (C=O) groups excluding carboxylic acids is 2. The Kier molecular flexibility index (Phi) is 5.57. The summed E-state index contributed by atoms with van der Waals surface area (Å²) < 4.78 is 0. The standard InChI is InChI=1S/C18H21N3O3S/c1-12(22)13-3-2-4-14(7-13)18(24)20-16-5-6-21(9-17(16)23)8-15-10-25-11-19-15/h2-4,7,10-11,16-17,23H,5-6,8-9H2,1H3,(H,20,24)/t16-,17-/m1/s1. The van der Waals surface area contributed by atoms with Gasteiger partial charge in [0, 0.05) is 36.1 Å². The zero-order valence-electron chi connectivity index (χ0n) is 14.0. The lowest BCUT2D eigenvalue weighted by molar-refractivity contribution is 0.0346. The first kappa shape index (κ1) is 17.7. The van der Waals surface area contributed by atoms with Crippen LogP contribution in [0, 0.1) is 0 Å². The molecule has 1 aliphatic heterocycles. The number of aliphatic hydroxyl groups excluding tert-OH is 1. The third-order valence-corrected chi connectivity index (χ3v) is 5.02. The number of carbonyl (C=O) groups is 2. The maximum atomic E-state index is 12.4. The fourth-order valence-electron chi connectivity index (χ4n) is 2.98. The van der Waals surface area contributed by atoms with E-state index in [1.165, 1.54) is 6.92 Å². The van der Waals surface area contributed by atoms with Crippen LogP contribution < -0.4 is 5.32 Å². The Bertz CT molecular complexity index is 748. The Morgan fingerprint density at radius 3 is 2.88 bits per heavy atom. The van der Waals surface area contributed by atoms with Gasteiger partial charge in [-0.1, -0.05) is 12.1 Å². The lowest BCUT2D eigenvalue weighted by Gasteiger charge is -2.35. The van der Waals surface area contributed by atoms with E-state index in [1.807, 2.05) is 5.38 Å². The molecule has 7 heteroatoms. The van der Waals surface area contributed by atoms with Gasteiger partial charge in [-0.05, 0) is 25.5 Å². The Hall–Kier alpha value is -2.09. The van der Waals surface area contributed by atoms with E-state index in [-0.39, 0.29) is 17.7 Å². The second-order valence-corrected chi connectivity index (χ2v) is 7.01. The summed E-state index contributed by atoms with van der Waals surface area (Å²) in [4.78, 5) is 30.3. The third-order valence-electron chi connectivity index (χ3n) is 4.38. The van der Waals surface area contributed by atoms with E-state index in [0.29, 0.717) is 30.6 Å². The molecule has 2 heterocycles. The van der Waals surface area contributed by atoms with Crippen molar-refractivity contribution in [3.63, 3.8) is 0 Å². The van der Waals surface area contributed by atoms with Crippen LogP contribution in [0.25, 0.3) is 0 Å². The number of hydrogen-bond acceptors (Lipinski definition) is 6. The molecule has 0 spiro atoms. The van der Waals surface area contributed by atoms with E-state index in [4.69, 9.17) is 0 Å². The molecule has 1 fully saturated rings. The van der Waals surface area contributed by atoms with Crippen molar-refractivity contribution in [2.45, 2.75) is 32.0 Å². The number of aromatic nitrogens is 1. The van der Waals surface area contributed by atoms with Crippen molar-refractivity contribution in [1.82, 2.24) is 15.2 Å². The highest BCUT2D eigenvalue weighted by atomic mass is 32.1. The maximum Gasteiger partial charge on any atom is 0.251 e. The minimum Gasteiger partial charge on any atom is -0.390 e. The average Bonchev–Trinajstić information content (AvgIpc) is 3.10. The van der Waals surface area contributed by atoms with Crippen molar-refractivity contribution < 1.29 is 14.7 Å². The fraction of sp³-hybridized carbons (Fsp3) is 0.389. The van der Waals surface area contributed by atoms with Crippen LogP contribution in [0.1, 0.15) is 39.8 Å². The van der Waals surface area contributed by atoms with Crippen LogP contribution in [0.3, 0.4) is 0 Å². The van der Waals surface area contributed by atoms with E-state index in [1.54, 1.807) is 41.1 Å². The number of β-amino-alcohol motifs (C(OH)–C–C–N with tert-alkyl or cyclic N) is 1. The molecule has 2 atom stereocenters. The highest BCUT2D eigenvalue weighted by molar-refractivity contribution is 7.07. The van der Waals surface area contributed by atoms with E-state index in [2.05, 4.69) is 15.2 Å². The number of piperidine rings is 1. The molecule has 1 amide bonds. The first-order valence-electron chi connectivity index (χ1n) is 8.22. The highest BCUT2D eigenvalue weighted by Crippen LogP contribution is 2.16. The number of ketones is 1. The quantitative estimate of drug-likeness (QED) is 0.794. The molecule has 2 aromatic rings. The van der Waals surface area contributed by atoms with Gasteiger partial charge in [0.2, 0.25) is 0 Å². The SMILES string of the molecule is CC(=O)c1cccc(C(=O)N[C@@H]2CCN(Cc3cscn3)C[C@H]2O)c1. The summed E-state index contributed by atoms with van der Waals surface area (Å²) in [5.74, 6) is -0.342. The van der Waals surface area contributed by atoms with Crippen molar-refractivity contribution in [1.29, 1.82) is 0 Å². The lowest BCUT2D eigenvalue weighted by Crippen LogP contribution is -2.53. The lowest BCUT2D eigenvalue weighted by atomic mass is 10.0. The summed E-state index contributed by atoms with van der Waals surface area (Å²) in [6.45, 7) is 3.46. The summed E-state index contributed by atoms with van der Waals surface area (Å²) in [7, 11) is 0. The Morgan fingerprint density at radius 2 is 2.20 bits per heavy atom. The number of nitrogens with one attached hydrogen (secondary N) is 1. The fourth-order valence-corrected chi connectivity index (χ4v) is 3.53. The number of likely N-dealkylation sites (tertiary alicyclic amines) is 1. The molecule has 0 radical (unpaired) electrons. The second-order valence-electron chi connectivity index (χ2n) is 6.29. The molecule has 132 valence electrons. The monoisotopic (exact) mass is 359 g/mol. The normalized spacial score (nSPS) is 21.0. The number of thiazole rings is 1. The van der Waals surface area contributed by atoms with Crippen molar-refractivity contribution in [3.8, 4) is 0 Å². The minimum atomic E-state index is -0.632. The topological polar surface area (TPSA) is 82.5 Å². The van der Waals surface area contributed by atoms with Gasteiger partial charge in [-0.3, -0.25) is 14.5 Å². The molecule has 3 rings (SSSR count). The maximum absolute atomic E-state index is 12.4. The van der Waals surface area contributed by atoms with Gasteiger partial charge < -0.3 is 10.4 Å². The van der Waals surface area contributed by atoms with Gasteiger partial charge in [-0.2, -0.15) is 0 Å². The summed E-state index contributed by atoms with van der Waals surface area (Å²) in [6.07, 6.45) is 0.0380. The van der Waals surface area contributed by atoms with Gasteiger partial charge in [0.25, 0.3) is 5.91 Å². The van der Waals surface area contributed by atoms with E-state index >= 15 is 0 Å². The Balaban J connectivity index is 1.57. The van der Waals surface area contributed by atoms with Crippen LogP contribution in [0.4, 0.5) is 0 Å². The second kappa shape index (κ2) is 7.86. The van der Waals surface area contributed by atoms with Gasteiger partial charge in [0.1, 0.15) is 0 Å². The third kappa shape index (κ3) is 4.50. The number of nitrogens with zero attached hydrogens (tertiary/aromatic N) is 2. The van der Waals surface area contributed by atoms with Crippen molar-refractivity contribution in [3.05, 3.63) is 52.0 Å². The molecule has 2 N–H and O–H groups in total. The van der Waals surface area contributed by atoms with Crippen molar-refractivity contribution in [2.75, 3.05) is 13.1 Å². The van der Waals surface area contributed by atoms with Gasteiger partial charge in [0.05, 0.1) is 23.4 Å². The number of rotatable bonds is 5. The molecule has 0 saturated carbocycles. The predicted molar refractivity (Wildman–Crippen MR) is 95.7 cm³/mol. The molecular weight excluding hydrogens is 338 g/mol. The predicted octanol–water partition coefficient (Wildman–Crippen LogP) is 1.71. The molecule has 0 bridgehead atoms. The minimum absolute atomic E-state index is 0.0787. The Labute approximate surface area is 150 Å². The molecule has 1 aromatic carbocycles. The Morgan fingerprint density at radius 1 is 1.40 bits per heavy atom. The summed E-state index contributed by atoms with van der Waals surface area (Å²) in [6, 6.07) is 6.34. The summed E-state index contributed by atoms with van der Waals surface area (Å²) in [5, 5.41) is 15.3. The van der Waals surface area contributed by atoms with E-state index < -0.39 is 6.10 Å². The molecule has 1 aromatic heterocycles. The van der Waals surface area contributed by atoms with Gasteiger partial charge in [0.15, 0.2) is 5.78 Å². The zero-order valence-corrected chi connectivity index (χ0v) is 14.8. The largest absolute Gasteiger partial charge is 0.390 e. The molecule has 1 saturated heterocycles. The summed E-state index contributed by atoms with van der Waals surface area (Å²) in [5.41, 5.74) is 3.74. The molecule has 25 heavy (non-hydrogen) atoms. The molecule has 0 unspecified atom stereocenters. The van der Waals surface area contributed by atoms with Gasteiger partial charge >= 0.3 is 0 Å². The number of aliphatic hydroxyl groups is 1. The molecular formula is C18H21N3O3S. The van der Waals surface area contributed by atoms with E-state index in [9.17, 15) is 14.7 Å². The number of hydrogen-bond donors (Lipinski definition) is 2. The van der Waals surface area contributed by atoms with Crippen LogP contribution >= 0.6 is 11.3 Å². The first-order chi connectivity index (χ1) is 12.0. The van der Waals surface area contributed by atoms with Crippen LogP contribution in [0.5, 0.6) is 0 Å². The average molecular weight is 359 g/mol. The molecule has 0 aliphatic carbocycles. The van der Waals surface area contributed by atoms with Crippen LogP contribution in [0.2, 0.25) is 0 Å². The highest BCUT2D eigenvalue weighted by Gasteiger charge is 2.29. The number of benzene rings is 1. The smallest absolute Gasteiger partial charge is 0.251 e. The molecule has 1 aliphatic rings. The number of amides is 1. The molecule has 6 nitrogen and oxygen atoms in total. The van der Waals surface area contributed by atoms with Gasteiger partial charge in [-0.15, -0.1) is 11.3 Å². The summed E-state index contributed by atoms with van der Waals surface area (Å²) >= 11 is 1.56. The van der Waals surface area contributed by atoms with Crippen LogP contribution in [0.15, 0.2) is 35.2 Å². The van der Waals surface area contributed by atoms with E-state index in [0.717, 1.165) is 12.2 Å². The van der Waals surface area contributed by atoms with Crippen molar-refractivity contribution in [2.24, 2.45) is 0 Å². The van der Waals surface area contributed by atoms with Crippen LogP contribution in [-0.4, -0.2) is 51.9 Å². The van der Waals surface area contributed by atoms with Crippen LogP contribution in [-0.2, 0) is 6.54 Å². The first-order valence-corrected chi connectivity index (χ1v) is 9.16. The number of Topliss-reactive ketones (excluding diaryl/α,β-unsaturated/α-hetero) is 1.